The average molecular weight is 365 g/mol. The predicted octanol–water partition coefficient (Wildman–Crippen LogP) is 3.06. The van der Waals surface area contributed by atoms with E-state index in [1.807, 2.05) is 11.3 Å². The molecule has 1 unspecified atom stereocenters. The van der Waals surface area contributed by atoms with Crippen molar-refractivity contribution in [3.63, 3.8) is 0 Å². The number of hydrogen-bond donors (Lipinski definition) is 2. The van der Waals surface area contributed by atoms with Crippen LogP contribution in [0.4, 0.5) is 0 Å². The second-order valence-corrected chi connectivity index (χ2v) is 8.49. The van der Waals surface area contributed by atoms with E-state index < -0.39 is 0 Å². The van der Waals surface area contributed by atoms with Crippen molar-refractivity contribution >= 4 is 17.3 Å². The zero-order valence-corrected chi connectivity index (χ0v) is 16.2. The number of aryl methyl sites for hydroxylation is 1. The van der Waals surface area contributed by atoms with Crippen molar-refractivity contribution < 1.29 is 4.74 Å². The minimum absolute atomic E-state index is 0.303. The molecule has 3 rings (SSSR count). The topological polar surface area (TPSA) is 62.9 Å². The van der Waals surface area contributed by atoms with Crippen LogP contribution in [0.1, 0.15) is 54.3 Å². The van der Waals surface area contributed by atoms with Crippen molar-refractivity contribution in [2.24, 2.45) is 10.7 Å². The van der Waals surface area contributed by atoms with Gasteiger partial charge in [-0.15, -0.1) is 11.3 Å². The number of thiophene rings is 1. The summed E-state index contributed by atoms with van der Waals surface area (Å²) in [6, 6.07) is 5.24. The summed E-state index contributed by atoms with van der Waals surface area (Å²) >= 11 is 1.87. The number of aliphatic imine (C=N–C) groups is 1. The van der Waals surface area contributed by atoms with Gasteiger partial charge in [-0.3, -0.25) is 9.89 Å². The summed E-state index contributed by atoms with van der Waals surface area (Å²) < 4.78 is 5.52. The molecule has 0 aromatic carbocycles. The van der Waals surface area contributed by atoms with E-state index in [0.29, 0.717) is 24.6 Å². The standard InChI is InChI=1S/C19H32N4OS/c1-15-8-9-18(25-15)17(23-10-12-24-13-11-23)14-21-19(20)22-16-6-4-2-3-5-7-16/h8-9,16-17H,2-7,10-14H2,1H3,(H3,20,21,22). The molecule has 2 fully saturated rings. The molecule has 1 aromatic rings. The Bertz CT molecular complexity index is 545. The monoisotopic (exact) mass is 364 g/mol. The van der Waals surface area contributed by atoms with Gasteiger partial charge in [0.05, 0.1) is 25.8 Å². The highest BCUT2D eigenvalue weighted by atomic mass is 32.1. The molecule has 0 spiro atoms. The van der Waals surface area contributed by atoms with Gasteiger partial charge in [-0.05, 0) is 31.9 Å². The van der Waals surface area contributed by atoms with E-state index in [0.717, 1.165) is 26.3 Å². The number of hydrogen-bond acceptors (Lipinski definition) is 4. The Balaban J connectivity index is 1.62. The summed E-state index contributed by atoms with van der Waals surface area (Å²) in [6.45, 7) is 6.42. The van der Waals surface area contributed by atoms with Gasteiger partial charge in [-0.25, -0.2) is 0 Å². The maximum Gasteiger partial charge on any atom is 0.188 e. The lowest BCUT2D eigenvalue weighted by molar-refractivity contribution is 0.0186. The Labute approximate surface area is 155 Å². The first-order chi connectivity index (χ1) is 12.2. The molecule has 2 aliphatic rings. The third-order valence-corrected chi connectivity index (χ3v) is 6.32. The lowest BCUT2D eigenvalue weighted by Crippen LogP contribution is -2.42. The summed E-state index contributed by atoms with van der Waals surface area (Å²) in [5, 5.41) is 3.46. The first-order valence-electron chi connectivity index (χ1n) is 9.67. The van der Waals surface area contributed by atoms with E-state index in [-0.39, 0.29) is 0 Å². The van der Waals surface area contributed by atoms with E-state index in [1.54, 1.807) is 0 Å². The van der Waals surface area contributed by atoms with Crippen LogP contribution < -0.4 is 11.1 Å². The molecular weight excluding hydrogens is 332 g/mol. The van der Waals surface area contributed by atoms with Crippen LogP contribution in [-0.4, -0.2) is 49.7 Å². The molecule has 0 bridgehead atoms. The third-order valence-electron chi connectivity index (χ3n) is 5.22. The normalized spacial score (nSPS) is 22.5. The molecule has 6 heteroatoms. The molecule has 5 nitrogen and oxygen atoms in total. The molecule has 1 saturated carbocycles. The highest BCUT2D eigenvalue weighted by Gasteiger charge is 2.24. The van der Waals surface area contributed by atoms with E-state index in [4.69, 9.17) is 15.5 Å². The zero-order valence-electron chi connectivity index (χ0n) is 15.4. The summed E-state index contributed by atoms with van der Waals surface area (Å²) in [7, 11) is 0. The molecule has 0 radical (unpaired) electrons. The molecular formula is C19H32N4OS. The van der Waals surface area contributed by atoms with Gasteiger partial charge in [0.1, 0.15) is 0 Å². The van der Waals surface area contributed by atoms with Gasteiger partial charge in [-0.2, -0.15) is 0 Å². The number of morpholine rings is 1. The van der Waals surface area contributed by atoms with Gasteiger partial charge in [0.25, 0.3) is 0 Å². The van der Waals surface area contributed by atoms with Crippen LogP contribution in [0.25, 0.3) is 0 Å². The smallest absolute Gasteiger partial charge is 0.188 e. The first kappa shape index (κ1) is 18.7. The lowest BCUT2D eigenvalue weighted by atomic mass is 10.1. The van der Waals surface area contributed by atoms with Crippen LogP contribution >= 0.6 is 11.3 Å². The molecule has 2 heterocycles. The Morgan fingerprint density at radius 3 is 2.64 bits per heavy atom. The molecule has 0 amide bonds. The summed E-state index contributed by atoms with van der Waals surface area (Å²) in [4.78, 5) is 9.93. The van der Waals surface area contributed by atoms with Crippen molar-refractivity contribution in [3.8, 4) is 0 Å². The fourth-order valence-electron chi connectivity index (χ4n) is 3.77. The Morgan fingerprint density at radius 1 is 1.28 bits per heavy atom. The fraction of sp³-hybridized carbons (Fsp3) is 0.737. The van der Waals surface area contributed by atoms with Crippen LogP contribution in [0.5, 0.6) is 0 Å². The predicted molar refractivity (Wildman–Crippen MR) is 105 cm³/mol. The van der Waals surface area contributed by atoms with Gasteiger partial charge < -0.3 is 15.8 Å². The van der Waals surface area contributed by atoms with Gasteiger partial charge in [0.15, 0.2) is 5.96 Å². The third kappa shape index (κ3) is 5.69. The van der Waals surface area contributed by atoms with Crippen molar-refractivity contribution in [3.05, 3.63) is 21.9 Å². The second-order valence-electron chi connectivity index (χ2n) is 7.17. The SMILES string of the molecule is Cc1ccc(C(CN=C(N)NC2CCCCCC2)N2CCOCC2)s1. The van der Waals surface area contributed by atoms with E-state index in [9.17, 15) is 0 Å². The second kappa shape index (κ2) is 9.55. The van der Waals surface area contributed by atoms with Gasteiger partial charge in [0.2, 0.25) is 0 Å². The van der Waals surface area contributed by atoms with Gasteiger partial charge >= 0.3 is 0 Å². The van der Waals surface area contributed by atoms with Crippen molar-refractivity contribution in [2.45, 2.75) is 57.5 Å². The van der Waals surface area contributed by atoms with Crippen molar-refractivity contribution in [1.82, 2.24) is 10.2 Å². The van der Waals surface area contributed by atoms with E-state index in [2.05, 4.69) is 29.3 Å². The molecule has 1 aromatic heterocycles. The summed E-state index contributed by atoms with van der Waals surface area (Å²) in [5.41, 5.74) is 6.22. The number of rotatable bonds is 5. The quantitative estimate of drug-likeness (QED) is 0.479. The molecule has 25 heavy (non-hydrogen) atoms. The Kier molecular flexibility index (Phi) is 7.13. The fourth-order valence-corrected chi connectivity index (χ4v) is 4.77. The highest BCUT2D eigenvalue weighted by molar-refractivity contribution is 7.12. The zero-order chi connectivity index (χ0) is 17.5. The van der Waals surface area contributed by atoms with Crippen LogP contribution in [0.2, 0.25) is 0 Å². The van der Waals surface area contributed by atoms with Crippen molar-refractivity contribution in [2.75, 3.05) is 32.8 Å². The number of ether oxygens (including phenoxy) is 1. The Morgan fingerprint density at radius 2 is 2.00 bits per heavy atom. The summed E-state index contributed by atoms with van der Waals surface area (Å²) in [6.07, 6.45) is 7.74. The average Bonchev–Trinajstić information content (AvgIpc) is 2.89. The number of guanidine groups is 1. The Hall–Kier alpha value is -1.11. The van der Waals surface area contributed by atoms with Gasteiger partial charge in [-0.1, -0.05) is 25.7 Å². The summed E-state index contributed by atoms with van der Waals surface area (Å²) in [5.74, 6) is 0.610. The first-order valence-corrected chi connectivity index (χ1v) is 10.5. The highest BCUT2D eigenvalue weighted by Crippen LogP contribution is 2.28. The van der Waals surface area contributed by atoms with E-state index >= 15 is 0 Å². The minimum atomic E-state index is 0.303. The molecule has 1 atom stereocenters. The maximum atomic E-state index is 6.22. The number of nitrogens with one attached hydrogen (secondary N) is 1. The number of nitrogens with two attached hydrogens (primary N) is 1. The van der Waals surface area contributed by atoms with Crippen molar-refractivity contribution in [1.29, 1.82) is 0 Å². The lowest BCUT2D eigenvalue weighted by Gasteiger charge is -2.33. The van der Waals surface area contributed by atoms with Crippen LogP contribution in [0, 0.1) is 6.92 Å². The largest absolute Gasteiger partial charge is 0.379 e. The molecule has 1 saturated heterocycles. The van der Waals surface area contributed by atoms with Crippen LogP contribution in [-0.2, 0) is 4.74 Å². The van der Waals surface area contributed by atoms with E-state index in [1.165, 1.54) is 48.3 Å². The molecule has 1 aliphatic heterocycles. The molecule has 140 valence electrons. The van der Waals surface area contributed by atoms with Gasteiger partial charge in [0, 0.05) is 28.9 Å². The minimum Gasteiger partial charge on any atom is -0.379 e. The number of nitrogens with zero attached hydrogens (tertiary/aromatic N) is 2. The maximum absolute atomic E-state index is 6.22. The molecule has 3 N–H and O–H groups in total. The molecule has 1 aliphatic carbocycles. The van der Waals surface area contributed by atoms with Crippen LogP contribution in [0.15, 0.2) is 17.1 Å². The van der Waals surface area contributed by atoms with Crippen LogP contribution in [0.3, 0.4) is 0 Å².